The molecule has 34 heavy (non-hydrogen) atoms. The molecular weight excluding hydrogens is 426 g/mol. The molecular formula is C26H25N7O. The maximum absolute atomic E-state index is 13.0. The van der Waals surface area contributed by atoms with E-state index in [-0.39, 0.29) is 5.91 Å². The Kier molecular flexibility index (Phi) is 5.97. The number of carbonyl (C=O) groups is 1. The van der Waals surface area contributed by atoms with E-state index >= 15 is 0 Å². The Bertz CT molecular complexity index is 1380. The Morgan fingerprint density at radius 1 is 1.03 bits per heavy atom. The number of carbonyl (C=O) groups excluding carboxylic acids is 1. The van der Waals surface area contributed by atoms with Gasteiger partial charge in [0.25, 0.3) is 5.91 Å². The van der Waals surface area contributed by atoms with Crippen molar-refractivity contribution in [2.24, 2.45) is 0 Å². The topological polar surface area (TPSA) is 95.9 Å². The number of rotatable bonds is 5. The minimum atomic E-state index is -0.205. The van der Waals surface area contributed by atoms with Gasteiger partial charge < -0.3 is 15.5 Å². The van der Waals surface area contributed by atoms with Crippen molar-refractivity contribution in [1.82, 2.24) is 25.3 Å². The standard InChI is InChI=1S/C26H25N7O/c1-17(19-3-4-24-21(11-19)14-28-16-31-24)23-13-22(15-30-18(23)2)32-26(34)20-5-6-29-25(12-20)33-9-7-27-8-10-33/h3-6,11-16,27H,1,7-10H2,2H3,(H,32,34). The predicted octanol–water partition coefficient (Wildman–Crippen LogP) is 3.45. The van der Waals surface area contributed by atoms with Gasteiger partial charge in [-0.1, -0.05) is 12.6 Å². The molecule has 0 bridgehead atoms. The Balaban J connectivity index is 1.37. The van der Waals surface area contributed by atoms with Crippen LogP contribution in [0.3, 0.4) is 0 Å². The van der Waals surface area contributed by atoms with E-state index in [9.17, 15) is 4.79 Å². The lowest BCUT2D eigenvalue weighted by atomic mass is 9.97. The monoisotopic (exact) mass is 451 g/mol. The van der Waals surface area contributed by atoms with Gasteiger partial charge >= 0.3 is 0 Å². The quantitative estimate of drug-likeness (QED) is 0.480. The molecule has 4 heterocycles. The van der Waals surface area contributed by atoms with Crippen molar-refractivity contribution in [3.8, 4) is 0 Å². The number of piperazine rings is 1. The van der Waals surface area contributed by atoms with E-state index in [1.54, 1.807) is 24.7 Å². The zero-order valence-corrected chi connectivity index (χ0v) is 19.0. The number of hydrogen-bond acceptors (Lipinski definition) is 7. The van der Waals surface area contributed by atoms with Crippen molar-refractivity contribution in [3.05, 3.63) is 90.3 Å². The number of benzene rings is 1. The second kappa shape index (κ2) is 9.36. The fourth-order valence-corrected chi connectivity index (χ4v) is 4.06. The van der Waals surface area contributed by atoms with Gasteiger partial charge in [-0.05, 0) is 48.4 Å². The van der Waals surface area contributed by atoms with Gasteiger partial charge in [0.1, 0.15) is 12.1 Å². The first kappa shape index (κ1) is 21.7. The SMILES string of the molecule is C=C(c1ccc2ncncc2c1)c1cc(NC(=O)c2ccnc(N3CCNCC3)c2)cnc1C. The zero-order valence-electron chi connectivity index (χ0n) is 19.0. The number of pyridine rings is 2. The second-order valence-corrected chi connectivity index (χ2v) is 8.23. The molecule has 170 valence electrons. The summed E-state index contributed by atoms with van der Waals surface area (Å²) in [5.41, 5.74) is 5.50. The van der Waals surface area contributed by atoms with Crippen LogP contribution in [0.2, 0.25) is 0 Å². The van der Waals surface area contributed by atoms with Crippen LogP contribution in [0.4, 0.5) is 11.5 Å². The van der Waals surface area contributed by atoms with Crippen LogP contribution in [0.25, 0.3) is 16.5 Å². The molecule has 1 aliphatic heterocycles. The molecule has 1 amide bonds. The van der Waals surface area contributed by atoms with E-state index in [2.05, 4.69) is 42.0 Å². The number of nitrogens with zero attached hydrogens (tertiary/aromatic N) is 5. The third kappa shape index (κ3) is 4.49. The van der Waals surface area contributed by atoms with Gasteiger partial charge in [-0.2, -0.15) is 0 Å². The van der Waals surface area contributed by atoms with Crippen LogP contribution in [-0.4, -0.2) is 52.0 Å². The molecule has 0 radical (unpaired) electrons. The summed E-state index contributed by atoms with van der Waals surface area (Å²) < 4.78 is 0. The Morgan fingerprint density at radius 3 is 2.74 bits per heavy atom. The largest absolute Gasteiger partial charge is 0.354 e. The maximum Gasteiger partial charge on any atom is 0.255 e. The smallest absolute Gasteiger partial charge is 0.255 e. The highest BCUT2D eigenvalue weighted by Gasteiger charge is 2.15. The summed E-state index contributed by atoms with van der Waals surface area (Å²) in [6, 6.07) is 11.4. The van der Waals surface area contributed by atoms with Crippen molar-refractivity contribution in [3.63, 3.8) is 0 Å². The average molecular weight is 452 g/mol. The van der Waals surface area contributed by atoms with Crippen molar-refractivity contribution >= 4 is 33.9 Å². The van der Waals surface area contributed by atoms with Crippen molar-refractivity contribution in [1.29, 1.82) is 0 Å². The van der Waals surface area contributed by atoms with Crippen LogP contribution >= 0.6 is 0 Å². The van der Waals surface area contributed by atoms with Crippen molar-refractivity contribution in [2.75, 3.05) is 36.4 Å². The highest BCUT2D eigenvalue weighted by atomic mass is 16.1. The molecule has 1 aliphatic rings. The molecule has 4 aromatic rings. The lowest BCUT2D eigenvalue weighted by molar-refractivity contribution is 0.102. The summed E-state index contributed by atoms with van der Waals surface area (Å²) in [4.78, 5) is 32.5. The summed E-state index contributed by atoms with van der Waals surface area (Å²) >= 11 is 0. The molecule has 8 heteroatoms. The van der Waals surface area contributed by atoms with Crippen molar-refractivity contribution < 1.29 is 4.79 Å². The Hall–Kier alpha value is -4.17. The lowest BCUT2D eigenvalue weighted by Gasteiger charge is -2.28. The van der Waals surface area contributed by atoms with E-state index < -0.39 is 0 Å². The minimum absolute atomic E-state index is 0.205. The van der Waals surface area contributed by atoms with Gasteiger partial charge in [0.15, 0.2) is 0 Å². The predicted molar refractivity (Wildman–Crippen MR) is 134 cm³/mol. The molecule has 0 spiro atoms. The van der Waals surface area contributed by atoms with E-state index in [0.29, 0.717) is 11.3 Å². The van der Waals surface area contributed by atoms with E-state index in [1.165, 1.54) is 6.33 Å². The van der Waals surface area contributed by atoms with Crippen molar-refractivity contribution in [2.45, 2.75) is 6.92 Å². The number of aromatic nitrogens is 4. The zero-order chi connectivity index (χ0) is 23.5. The first-order valence-electron chi connectivity index (χ1n) is 11.2. The molecule has 0 aliphatic carbocycles. The second-order valence-electron chi connectivity index (χ2n) is 8.23. The highest BCUT2D eigenvalue weighted by Crippen LogP contribution is 2.28. The molecule has 8 nitrogen and oxygen atoms in total. The number of aryl methyl sites for hydroxylation is 1. The maximum atomic E-state index is 13.0. The fraction of sp³-hybridized carbons (Fsp3) is 0.192. The molecule has 5 rings (SSSR count). The van der Waals surface area contributed by atoms with Crippen LogP contribution in [0.15, 0.2) is 67.9 Å². The average Bonchev–Trinajstić information content (AvgIpc) is 2.89. The van der Waals surface area contributed by atoms with Crippen LogP contribution in [-0.2, 0) is 0 Å². The van der Waals surface area contributed by atoms with E-state index in [4.69, 9.17) is 0 Å². The van der Waals surface area contributed by atoms with Crippen LogP contribution in [0.5, 0.6) is 0 Å². The van der Waals surface area contributed by atoms with Crippen LogP contribution < -0.4 is 15.5 Å². The van der Waals surface area contributed by atoms with Gasteiger partial charge in [-0.15, -0.1) is 0 Å². The number of amides is 1. The first-order valence-corrected chi connectivity index (χ1v) is 11.2. The number of hydrogen-bond donors (Lipinski definition) is 2. The first-order chi connectivity index (χ1) is 16.6. The number of anilines is 2. The van der Waals surface area contributed by atoms with Gasteiger partial charge in [-0.25, -0.2) is 15.0 Å². The summed E-state index contributed by atoms with van der Waals surface area (Å²) in [6.45, 7) is 9.77. The third-order valence-electron chi connectivity index (χ3n) is 5.97. The summed E-state index contributed by atoms with van der Waals surface area (Å²) in [6.07, 6.45) is 6.66. The molecule has 0 atom stereocenters. The minimum Gasteiger partial charge on any atom is -0.354 e. The van der Waals surface area contributed by atoms with E-state index in [0.717, 1.165) is 65.3 Å². The molecule has 1 aromatic carbocycles. The highest BCUT2D eigenvalue weighted by molar-refractivity contribution is 6.04. The number of fused-ring (bicyclic) bond motifs is 1. The molecule has 3 aromatic heterocycles. The normalized spacial score (nSPS) is 13.6. The van der Waals surface area contributed by atoms with Gasteiger partial charge in [-0.3, -0.25) is 9.78 Å². The molecule has 2 N–H and O–H groups in total. The number of nitrogens with one attached hydrogen (secondary N) is 2. The fourth-order valence-electron chi connectivity index (χ4n) is 4.06. The lowest BCUT2D eigenvalue weighted by Crippen LogP contribution is -2.43. The van der Waals surface area contributed by atoms with Crippen LogP contribution in [0.1, 0.15) is 27.2 Å². The summed E-state index contributed by atoms with van der Waals surface area (Å²) in [7, 11) is 0. The van der Waals surface area contributed by atoms with Gasteiger partial charge in [0.05, 0.1) is 17.4 Å². The van der Waals surface area contributed by atoms with Crippen LogP contribution in [0, 0.1) is 6.92 Å². The van der Waals surface area contributed by atoms with Gasteiger partial charge in [0.2, 0.25) is 0 Å². The summed E-state index contributed by atoms with van der Waals surface area (Å²) in [5.74, 6) is 0.606. The Morgan fingerprint density at radius 2 is 1.88 bits per heavy atom. The third-order valence-corrected chi connectivity index (χ3v) is 5.97. The summed E-state index contributed by atoms with van der Waals surface area (Å²) in [5, 5.41) is 7.23. The van der Waals surface area contributed by atoms with Gasteiger partial charge in [0, 0.05) is 60.8 Å². The molecule has 0 saturated carbocycles. The molecule has 0 unspecified atom stereocenters. The molecule has 1 saturated heterocycles. The van der Waals surface area contributed by atoms with E-state index in [1.807, 2.05) is 37.3 Å². The molecule has 1 fully saturated rings. The Labute approximate surface area is 197 Å².